The fourth-order valence-corrected chi connectivity index (χ4v) is 2.30. The monoisotopic (exact) mass is 328 g/mol. The number of ether oxygens (including phenoxy) is 1. The summed E-state index contributed by atoms with van der Waals surface area (Å²) in [5.74, 6) is 1.46. The van der Waals surface area contributed by atoms with Gasteiger partial charge in [-0.1, -0.05) is 28.5 Å². The predicted molar refractivity (Wildman–Crippen MR) is 82.6 cm³/mol. The number of aromatic nitrogens is 3. The van der Waals surface area contributed by atoms with E-state index in [9.17, 15) is 4.79 Å². The average Bonchev–Trinajstić information content (AvgIpc) is 3.21. The van der Waals surface area contributed by atoms with E-state index < -0.39 is 11.9 Å². The van der Waals surface area contributed by atoms with Gasteiger partial charge in [-0.25, -0.2) is 0 Å². The molecule has 0 fully saturated rings. The van der Waals surface area contributed by atoms with Gasteiger partial charge in [0.1, 0.15) is 17.6 Å². The number of nitrogens with one attached hydrogen (secondary N) is 1. The van der Waals surface area contributed by atoms with Crippen molar-refractivity contribution in [2.75, 3.05) is 7.11 Å². The van der Waals surface area contributed by atoms with Gasteiger partial charge in [-0.15, -0.1) is 0 Å². The topological polar surface area (TPSA) is 103 Å². The summed E-state index contributed by atoms with van der Waals surface area (Å²) in [4.78, 5) is 16.7. The molecule has 24 heavy (non-hydrogen) atoms. The summed E-state index contributed by atoms with van der Waals surface area (Å²) in [6.07, 6.45) is 0. The van der Waals surface area contributed by atoms with Crippen LogP contribution in [-0.4, -0.2) is 28.3 Å². The molecule has 8 nitrogen and oxygen atoms in total. The van der Waals surface area contributed by atoms with E-state index in [1.807, 2.05) is 18.2 Å². The van der Waals surface area contributed by atoms with Crippen LogP contribution in [0.15, 0.2) is 39.4 Å². The van der Waals surface area contributed by atoms with Gasteiger partial charge in [0.2, 0.25) is 5.89 Å². The molecule has 1 atom stereocenters. The van der Waals surface area contributed by atoms with E-state index in [0.29, 0.717) is 28.8 Å². The van der Waals surface area contributed by atoms with Crippen LogP contribution in [0.4, 0.5) is 0 Å². The minimum atomic E-state index is -0.650. The van der Waals surface area contributed by atoms with Gasteiger partial charge in [0.25, 0.3) is 5.91 Å². The van der Waals surface area contributed by atoms with Crippen molar-refractivity contribution in [1.82, 2.24) is 20.6 Å². The summed E-state index contributed by atoms with van der Waals surface area (Å²) in [7, 11) is 1.56. The smallest absolute Gasteiger partial charge is 0.274 e. The molecular weight excluding hydrogens is 312 g/mol. The largest absolute Gasteiger partial charge is 0.496 e. The maximum atomic E-state index is 12.5. The van der Waals surface area contributed by atoms with E-state index >= 15 is 0 Å². The molecule has 0 spiro atoms. The molecule has 0 saturated carbocycles. The number of carbonyl (C=O) groups is 1. The number of carbonyl (C=O) groups excluding carboxylic acids is 1. The standard InChI is InChI=1S/C16H16N4O4/c1-9-8-12(19-23-9)16(21)18-14(15-17-10(2)24-20-15)11-6-4-5-7-13(11)22-3/h4-8,14H,1-3H3,(H,18,21). The van der Waals surface area contributed by atoms with Gasteiger partial charge < -0.3 is 19.1 Å². The third-order valence-corrected chi connectivity index (χ3v) is 3.39. The summed E-state index contributed by atoms with van der Waals surface area (Å²) < 4.78 is 15.4. The van der Waals surface area contributed by atoms with Gasteiger partial charge in [-0.05, 0) is 13.0 Å². The van der Waals surface area contributed by atoms with Gasteiger partial charge in [0.05, 0.1) is 7.11 Å². The van der Waals surface area contributed by atoms with Crippen molar-refractivity contribution in [3.05, 3.63) is 59.1 Å². The lowest BCUT2D eigenvalue weighted by Crippen LogP contribution is -2.30. The first kappa shape index (κ1) is 15.7. The number of benzene rings is 1. The van der Waals surface area contributed by atoms with E-state index in [0.717, 1.165) is 0 Å². The van der Waals surface area contributed by atoms with Crippen molar-refractivity contribution in [1.29, 1.82) is 0 Å². The Labute approximate surface area is 137 Å². The summed E-state index contributed by atoms with van der Waals surface area (Å²) >= 11 is 0. The Morgan fingerprint density at radius 2 is 2.00 bits per heavy atom. The first-order chi connectivity index (χ1) is 11.6. The third kappa shape index (κ3) is 3.12. The lowest BCUT2D eigenvalue weighted by molar-refractivity contribution is 0.0931. The Morgan fingerprint density at radius 3 is 2.62 bits per heavy atom. The molecule has 0 saturated heterocycles. The van der Waals surface area contributed by atoms with Crippen LogP contribution in [-0.2, 0) is 0 Å². The molecule has 2 heterocycles. The Kier molecular flexibility index (Phi) is 4.28. The number of nitrogens with zero attached hydrogens (tertiary/aromatic N) is 3. The van der Waals surface area contributed by atoms with Crippen LogP contribution in [0.1, 0.15) is 39.6 Å². The van der Waals surface area contributed by atoms with Crippen molar-refractivity contribution in [3.63, 3.8) is 0 Å². The normalized spacial score (nSPS) is 12.0. The summed E-state index contributed by atoms with van der Waals surface area (Å²) in [6.45, 7) is 3.39. The van der Waals surface area contributed by atoms with Crippen molar-refractivity contribution in [3.8, 4) is 5.75 Å². The quantitative estimate of drug-likeness (QED) is 0.765. The molecule has 1 N–H and O–H groups in total. The fourth-order valence-electron chi connectivity index (χ4n) is 2.30. The second-order valence-corrected chi connectivity index (χ2v) is 5.14. The zero-order valence-corrected chi connectivity index (χ0v) is 13.4. The Balaban J connectivity index is 1.98. The molecule has 0 aliphatic rings. The van der Waals surface area contributed by atoms with Gasteiger partial charge in [0, 0.05) is 18.6 Å². The minimum Gasteiger partial charge on any atom is -0.496 e. The Hall–Kier alpha value is -3.16. The van der Waals surface area contributed by atoms with E-state index in [1.165, 1.54) is 0 Å². The van der Waals surface area contributed by atoms with Gasteiger partial charge in [-0.2, -0.15) is 4.98 Å². The average molecular weight is 328 g/mol. The van der Waals surface area contributed by atoms with E-state index in [-0.39, 0.29) is 5.69 Å². The van der Waals surface area contributed by atoms with Crippen LogP contribution >= 0.6 is 0 Å². The summed E-state index contributed by atoms with van der Waals surface area (Å²) in [5.41, 5.74) is 0.877. The highest BCUT2D eigenvalue weighted by Crippen LogP contribution is 2.28. The Morgan fingerprint density at radius 1 is 1.21 bits per heavy atom. The molecule has 0 aliphatic heterocycles. The zero-order chi connectivity index (χ0) is 17.1. The number of para-hydroxylation sites is 1. The molecule has 0 bridgehead atoms. The summed E-state index contributed by atoms with van der Waals surface area (Å²) in [5, 5.41) is 10.5. The van der Waals surface area contributed by atoms with Crippen LogP contribution in [0, 0.1) is 13.8 Å². The van der Waals surface area contributed by atoms with Gasteiger partial charge >= 0.3 is 0 Å². The number of rotatable bonds is 5. The molecule has 1 unspecified atom stereocenters. The molecule has 3 rings (SSSR count). The number of hydrogen-bond donors (Lipinski definition) is 1. The molecular formula is C16H16N4O4. The molecule has 3 aromatic rings. The van der Waals surface area contributed by atoms with E-state index in [4.69, 9.17) is 13.8 Å². The minimum absolute atomic E-state index is 0.174. The van der Waals surface area contributed by atoms with Crippen molar-refractivity contribution in [2.45, 2.75) is 19.9 Å². The number of amides is 1. The third-order valence-electron chi connectivity index (χ3n) is 3.39. The number of hydrogen-bond acceptors (Lipinski definition) is 7. The molecule has 124 valence electrons. The van der Waals surface area contributed by atoms with Gasteiger partial charge in [0.15, 0.2) is 11.5 Å². The van der Waals surface area contributed by atoms with E-state index in [2.05, 4.69) is 20.6 Å². The second kappa shape index (κ2) is 6.53. The lowest BCUT2D eigenvalue weighted by Gasteiger charge is -2.17. The fraction of sp³-hybridized carbons (Fsp3) is 0.250. The molecule has 0 aliphatic carbocycles. The maximum absolute atomic E-state index is 12.5. The van der Waals surface area contributed by atoms with Crippen LogP contribution < -0.4 is 10.1 Å². The lowest BCUT2D eigenvalue weighted by atomic mass is 10.0. The first-order valence-corrected chi connectivity index (χ1v) is 7.26. The molecule has 8 heteroatoms. The molecule has 1 aromatic carbocycles. The Bertz CT molecular complexity index is 855. The molecule has 0 radical (unpaired) electrons. The van der Waals surface area contributed by atoms with E-state index in [1.54, 1.807) is 33.1 Å². The van der Waals surface area contributed by atoms with Crippen LogP contribution in [0.3, 0.4) is 0 Å². The van der Waals surface area contributed by atoms with Crippen LogP contribution in [0.2, 0.25) is 0 Å². The highest BCUT2D eigenvalue weighted by atomic mass is 16.5. The van der Waals surface area contributed by atoms with Crippen molar-refractivity contribution >= 4 is 5.91 Å². The summed E-state index contributed by atoms with van der Waals surface area (Å²) in [6, 6.07) is 8.19. The first-order valence-electron chi connectivity index (χ1n) is 7.26. The van der Waals surface area contributed by atoms with Crippen LogP contribution in [0.25, 0.3) is 0 Å². The number of aryl methyl sites for hydroxylation is 2. The van der Waals surface area contributed by atoms with Crippen molar-refractivity contribution < 1.29 is 18.6 Å². The molecule has 1 amide bonds. The highest BCUT2D eigenvalue weighted by molar-refractivity contribution is 5.92. The van der Waals surface area contributed by atoms with Gasteiger partial charge in [-0.3, -0.25) is 4.79 Å². The molecule has 2 aromatic heterocycles. The van der Waals surface area contributed by atoms with Crippen LogP contribution in [0.5, 0.6) is 5.75 Å². The van der Waals surface area contributed by atoms with Crippen molar-refractivity contribution in [2.24, 2.45) is 0 Å². The second-order valence-electron chi connectivity index (χ2n) is 5.14. The maximum Gasteiger partial charge on any atom is 0.274 e. The zero-order valence-electron chi connectivity index (χ0n) is 13.4. The highest BCUT2D eigenvalue weighted by Gasteiger charge is 2.26. The predicted octanol–water partition coefficient (Wildman–Crippen LogP) is 2.20. The SMILES string of the molecule is COc1ccccc1C(NC(=O)c1cc(C)on1)c1noc(C)n1. The number of methoxy groups -OCH3 is 1.